The average molecular weight is 301 g/mol. The fraction of sp³-hybridized carbons (Fsp3) is 0.438. The van der Waals surface area contributed by atoms with Gasteiger partial charge < -0.3 is 15.1 Å². The summed E-state index contributed by atoms with van der Waals surface area (Å²) in [7, 11) is 0. The van der Waals surface area contributed by atoms with Crippen LogP contribution in [0, 0.1) is 0 Å². The van der Waals surface area contributed by atoms with Gasteiger partial charge in [-0.25, -0.2) is 0 Å². The molecule has 0 spiro atoms. The maximum absolute atomic E-state index is 11.9. The lowest BCUT2D eigenvalue weighted by Crippen LogP contribution is -2.34. The maximum atomic E-state index is 11.9. The first-order valence-corrected chi connectivity index (χ1v) is 7.50. The van der Waals surface area contributed by atoms with E-state index in [0.717, 1.165) is 29.9 Å². The summed E-state index contributed by atoms with van der Waals surface area (Å²) in [6, 6.07) is 7.70. The van der Waals surface area contributed by atoms with Crippen LogP contribution in [-0.2, 0) is 21.0 Å². The van der Waals surface area contributed by atoms with E-state index < -0.39 is 6.10 Å². The summed E-state index contributed by atoms with van der Waals surface area (Å²) >= 11 is 0. The van der Waals surface area contributed by atoms with Gasteiger partial charge in [0.2, 0.25) is 12.0 Å². The van der Waals surface area contributed by atoms with Crippen molar-refractivity contribution < 1.29 is 14.4 Å². The van der Waals surface area contributed by atoms with E-state index in [0.29, 0.717) is 19.4 Å². The van der Waals surface area contributed by atoms with Crippen LogP contribution in [0.3, 0.4) is 0 Å². The highest BCUT2D eigenvalue weighted by Crippen LogP contribution is 2.21. The number of nitrogens with zero attached hydrogens (tertiary/aromatic N) is 2. The monoisotopic (exact) mass is 301 g/mol. The molecule has 116 valence electrons. The Hall–Kier alpha value is -2.37. The van der Waals surface area contributed by atoms with Crippen LogP contribution in [0.25, 0.3) is 0 Å². The van der Waals surface area contributed by atoms with Gasteiger partial charge in [0.05, 0.1) is 5.71 Å². The van der Waals surface area contributed by atoms with Gasteiger partial charge in [-0.05, 0) is 31.0 Å². The number of amides is 2. The minimum Gasteiger partial charge on any atom is -0.382 e. The molecule has 1 N–H and O–H groups in total. The summed E-state index contributed by atoms with van der Waals surface area (Å²) in [5.74, 6) is 0.0224. The van der Waals surface area contributed by atoms with E-state index in [9.17, 15) is 9.59 Å². The van der Waals surface area contributed by atoms with Crippen molar-refractivity contribution >= 4 is 23.2 Å². The van der Waals surface area contributed by atoms with Crippen molar-refractivity contribution in [1.29, 1.82) is 0 Å². The largest absolute Gasteiger partial charge is 0.382 e. The Labute approximate surface area is 129 Å². The van der Waals surface area contributed by atoms with Crippen LogP contribution < -0.4 is 10.2 Å². The lowest BCUT2D eigenvalue weighted by molar-refractivity contribution is -0.131. The molecule has 6 heteroatoms. The van der Waals surface area contributed by atoms with E-state index in [4.69, 9.17) is 4.84 Å². The molecule has 1 fully saturated rings. The minimum atomic E-state index is -0.513. The Bertz CT molecular complexity index is 610. The third kappa shape index (κ3) is 3.10. The quantitative estimate of drug-likeness (QED) is 0.918. The second kappa shape index (κ2) is 6.17. The zero-order valence-electron chi connectivity index (χ0n) is 12.5. The number of hydrogen-bond donors (Lipinski definition) is 1. The van der Waals surface area contributed by atoms with Crippen LogP contribution in [0.4, 0.5) is 5.69 Å². The molecule has 2 heterocycles. The summed E-state index contributed by atoms with van der Waals surface area (Å²) in [5, 5.41) is 6.62. The molecule has 0 aromatic heterocycles. The molecule has 3 rings (SSSR count). The van der Waals surface area contributed by atoms with E-state index >= 15 is 0 Å². The highest BCUT2D eigenvalue weighted by molar-refractivity contribution is 5.95. The number of carbonyl (C=O) groups excluding carboxylic acids is 2. The van der Waals surface area contributed by atoms with Crippen molar-refractivity contribution in [2.45, 2.75) is 38.8 Å². The number of rotatable bonds is 4. The summed E-state index contributed by atoms with van der Waals surface area (Å²) in [6.45, 7) is 3.06. The van der Waals surface area contributed by atoms with Gasteiger partial charge in [-0.1, -0.05) is 17.3 Å². The molecule has 0 aliphatic carbocycles. The number of carbonyl (C=O) groups is 2. The van der Waals surface area contributed by atoms with Gasteiger partial charge in [0.1, 0.15) is 0 Å². The van der Waals surface area contributed by atoms with Crippen molar-refractivity contribution in [2.24, 2.45) is 5.16 Å². The second-order valence-electron chi connectivity index (χ2n) is 5.66. The van der Waals surface area contributed by atoms with Crippen LogP contribution in [0.2, 0.25) is 0 Å². The molecule has 1 aromatic carbocycles. The van der Waals surface area contributed by atoms with Gasteiger partial charge in [0.15, 0.2) is 0 Å². The topological polar surface area (TPSA) is 71.0 Å². The molecule has 1 atom stereocenters. The van der Waals surface area contributed by atoms with Crippen LogP contribution >= 0.6 is 0 Å². The highest BCUT2D eigenvalue weighted by Gasteiger charge is 2.25. The summed E-state index contributed by atoms with van der Waals surface area (Å²) in [5.41, 5.74) is 2.74. The first-order chi connectivity index (χ1) is 10.6. The smallest absolute Gasteiger partial charge is 0.264 e. The predicted molar refractivity (Wildman–Crippen MR) is 82.5 cm³/mol. The first kappa shape index (κ1) is 14.6. The van der Waals surface area contributed by atoms with Crippen LogP contribution in [-0.4, -0.2) is 30.2 Å². The molecular formula is C16H19N3O3. The summed E-state index contributed by atoms with van der Waals surface area (Å²) in [6.07, 6.45) is 1.57. The number of oxime groups is 1. The molecule has 0 bridgehead atoms. The fourth-order valence-electron chi connectivity index (χ4n) is 2.65. The lowest BCUT2D eigenvalue weighted by Gasteiger charge is -2.16. The van der Waals surface area contributed by atoms with Crippen LogP contribution in [0.15, 0.2) is 29.4 Å². The van der Waals surface area contributed by atoms with E-state index in [2.05, 4.69) is 10.5 Å². The van der Waals surface area contributed by atoms with Gasteiger partial charge in [0, 0.05) is 31.6 Å². The third-order valence-electron chi connectivity index (χ3n) is 3.90. The lowest BCUT2D eigenvalue weighted by atomic mass is 10.1. The fourth-order valence-corrected chi connectivity index (χ4v) is 2.65. The number of hydrogen-bond acceptors (Lipinski definition) is 4. The number of benzene rings is 1. The Morgan fingerprint density at radius 1 is 1.41 bits per heavy atom. The summed E-state index contributed by atoms with van der Waals surface area (Å²) in [4.78, 5) is 30.5. The molecule has 2 aliphatic heterocycles. The van der Waals surface area contributed by atoms with Gasteiger partial charge in [0.25, 0.3) is 5.91 Å². The van der Waals surface area contributed by atoms with Crippen molar-refractivity contribution in [2.75, 3.05) is 11.4 Å². The number of anilines is 1. The molecule has 0 radical (unpaired) electrons. The molecule has 0 saturated carbocycles. The molecule has 1 saturated heterocycles. The van der Waals surface area contributed by atoms with Crippen molar-refractivity contribution in [3.8, 4) is 0 Å². The Morgan fingerprint density at radius 3 is 2.77 bits per heavy atom. The highest BCUT2D eigenvalue weighted by atomic mass is 16.6. The molecule has 6 nitrogen and oxygen atoms in total. The number of nitrogens with one attached hydrogen (secondary N) is 1. The van der Waals surface area contributed by atoms with Crippen LogP contribution in [0.5, 0.6) is 0 Å². The normalized spacial score (nSPS) is 20.8. The zero-order valence-corrected chi connectivity index (χ0v) is 12.5. The minimum absolute atomic E-state index is 0.153. The predicted octanol–water partition coefficient (Wildman–Crippen LogP) is 1.59. The molecule has 22 heavy (non-hydrogen) atoms. The van der Waals surface area contributed by atoms with Crippen molar-refractivity contribution in [3.05, 3.63) is 29.8 Å². The molecular weight excluding hydrogens is 282 g/mol. The van der Waals surface area contributed by atoms with Crippen LogP contribution in [0.1, 0.15) is 31.7 Å². The Kier molecular flexibility index (Phi) is 4.09. The van der Waals surface area contributed by atoms with Crippen molar-refractivity contribution in [1.82, 2.24) is 5.32 Å². The van der Waals surface area contributed by atoms with Gasteiger partial charge >= 0.3 is 0 Å². The molecule has 2 aliphatic rings. The van der Waals surface area contributed by atoms with E-state index in [1.54, 1.807) is 4.90 Å². The standard InChI is InChI=1S/C16H19N3O3/c1-11-9-14(22-18-11)16(21)17-10-12-4-6-13(7-5-12)19-8-2-3-15(19)20/h4-7,14H,2-3,8-10H2,1H3,(H,17,21)/t14-/m0/s1. The SMILES string of the molecule is CC1=NO[C@H](C(=O)NCc2ccc(N3CCCC3=O)cc2)C1. The molecule has 2 amide bonds. The third-order valence-corrected chi connectivity index (χ3v) is 3.90. The average Bonchev–Trinajstić information content (AvgIpc) is 3.14. The van der Waals surface area contributed by atoms with Gasteiger partial charge in [-0.2, -0.15) is 0 Å². The zero-order chi connectivity index (χ0) is 15.5. The van der Waals surface area contributed by atoms with E-state index in [1.807, 2.05) is 31.2 Å². The van der Waals surface area contributed by atoms with Crippen molar-refractivity contribution in [3.63, 3.8) is 0 Å². The maximum Gasteiger partial charge on any atom is 0.264 e. The Morgan fingerprint density at radius 2 is 2.18 bits per heavy atom. The molecule has 1 aromatic rings. The van der Waals surface area contributed by atoms with Gasteiger partial charge in [-0.15, -0.1) is 0 Å². The van der Waals surface area contributed by atoms with E-state index in [1.165, 1.54) is 0 Å². The molecule has 0 unspecified atom stereocenters. The summed E-state index contributed by atoms with van der Waals surface area (Å²) < 4.78 is 0. The first-order valence-electron chi connectivity index (χ1n) is 7.50. The van der Waals surface area contributed by atoms with Gasteiger partial charge in [-0.3, -0.25) is 9.59 Å². The second-order valence-corrected chi connectivity index (χ2v) is 5.66. The van der Waals surface area contributed by atoms with E-state index in [-0.39, 0.29) is 11.8 Å². The Balaban J connectivity index is 1.53.